The highest BCUT2D eigenvalue weighted by atomic mass is 79.9. The quantitative estimate of drug-likeness (QED) is 0.802. The van der Waals surface area contributed by atoms with Gasteiger partial charge in [-0.2, -0.15) is 0 Å². The van der Waals surface area contributed by atoms with Gasteiger partial charge in [0.05, 0.1) is 10.2 Å². The van der Waals surface area contributed by atoms with Gasteiger partial charge in [-0.25, -0.2) is 4.39 Å². The SMILES string of the molecule is Nc1cc(Br)c(F)cc1OCc1ccc(Br)cc1. The van der Waals surface area contributed by atoms with Gasteiger partial charge in [0.2, 0.25) is 0 Å². The van der Waals surface area contributed by atoms with E-state index in [9.17, 15) is 4.39 Å². The summed E-state index contributed by atoms with van der Waals surface area (Å²) in [6.45, 7) is 0.346. The van der Waals surface area contributed by atoms with Crippen molar-refractivity contribution < 1.29 is 9.13 Å². The second-order valence-corrected chi connectivity index (χ2v) is 5.49. The lowest BCUT2D eigenvalue weighted by Crippen LogP contribution is -1.99. The van der Waals surface area contributed by atoms with E-state index in [0.717, 1.165) is 10.0 Å². The van der Waals surface area contributed by atoms with Crippen LogP contribution in [-0.2, 0) is 6.61 Å². The molecular formula is C13H10Br2FNO. The molecule has 0 aliphatic heterocycles. The Labute approximate surface area is 121 Å². The lowest BCUT2D eigenvalue weighted by Gasteiger charge is -2.10. The number of benzene rings is 2. The molecule has 2 aromatic carbocycles. The molecule has 0 bridgehead atoms. The van der Waals surface area contributed by atoms with E-state index in [1.165, 1.54) is 12.1 Å². The molecule has 5 heteroatoms. The van der Waals surface area contributed by atoms with E-state index in [2.05, 4.69) is 31.9 Å². The maximum absolute atomic E-state index is 13.3. The highest BCUT2D eigenvalue weighted by Crippen LogP contribution is 2.29. The molecule has 0 unspecified atom stereocenters. The highest BCUT2D eigenvalue weighted by Gasteiger charge is 2.07. The Morgan fingerprint density at radius 1 is 1.11 bits per heavy atom. The molecule has 18 heavy (non-hydrogen) atoms. The van der Waals surface area contributed by atoms with Crippen molar-refractivity contribution in [1.29, 1.82) is 0 Å². The molecule has 0 heterocycles. The first-order valence-electron chi connectivity index (χ1n) is 5.18. The standard InChI is InChI=1S/C13H10Br2FNO/c14-9-3-1-8(2-4-9)7-18-13-6-11(16)10(15)5-12(13)17/h1-6H,7,17H2. The van der Waals surface area contributed by atoms with E-state index in [1.54, 1.807) is 0 Å². The fourth-order valence-electron chi connectivity index (χ4n) is 1.41. The second kappa shape index (κ2) is 5.71. The summed E-state index contributed by atoms with van der Waals surface area (Å²) in [5.74, 6) is -0.0476. The van der Waals surface area contributed by atoms with Gasteiger partial charge in [-0.15, -0.1) is 0 Å². The third kappa shape index (κ3) is 3.23. The van der Waals surface area contributed by atoms with Crippen LogP contribution in [0.1, 0.15) is 5.56 Å². The summed E-state index contributed by atoms with van der Waals surface area (Å²) in [6, 6.07) is 10.5. The maximum Gasteiger partial charge on any atom is 0.145 e. The summed E-state index contributed by atoms with van der Waals surface area (Å²) in [6.07, 6.45) is 0. The predicted molar refractivity (Wildman–Crippen MR) is 77.0 cm³/mol. The van der Waals surface area contributed by atoms with Crippen LogP contribution in [0.3, 0.4) is 0 Å². The van der Waals surface area contributed by atoms with Crippen molar-refractivity contribution >= 4 is 37.5 Å². The van der Waals surface area contributed by atoms with Crippen molar-refractivity contribution in [2.24, 2.45) is 0 Å². The van der Waals surface area contributed by atoms with Gasteiger partial charge < -0.3 is 10.5 Å². The Balaban J connectivity index is 2.10. The van der Waals surface area contributed by atoms with Crippen LogP contribution in [0.15, 0.2) is 45.3 Å². The highest BCUT2D eigenvalue weighted by molar-refractivity contribution is 9.10. The van der Waals surface area contributed by atoms with E-state index in [1.807, 2.05) is 24.3 Å². The molecule has 0 spiro atoms. The average Bonchev–Trinajstić information content (AvgIpc) is 2.34. The van der Waals surface area contributed by atoms with Gasteiger partial charge >= 0.3 is 0 Å². The molecule has 2 rings (SSSR count). The van der Waals surface area contributed by atoms with E-state index in [4.69, 9.17) is 10.5 Å². The first-order chi connectivity index (χ1) is 8.56. The molecular weight excluding hydrogens is 365 g/mol. The van der Waals surface area contributed by atoms with Crippen LogP contribution in [0, 0.1) is 5.82 Å². The van der Waals surface area contributed by atoms with Crippen LogP contribution in [0.2, 0.25) is 0 Å². The summed E-state index contributed by atoms with van der Waals surface area (Å²) in [4.78, 5) is 0. The monoisotopic (exact) mass is 373 g/mol. The van der Waals surface area contributed by atoms with Crippen LogP contribution < -0.4 is 10.5 Å². The number of nitrogen functional groups attached to an aromatic ring is 1. The van der Waals surface area contributed by atoms with E-state index in [-0.39, 0.29) is 0 Å². The van der Waals surface area contributed by atoms with Crippen molar-refractivity contribution in [1.82, 2.24) is 0 Å². The van der Waals surface area contributed by atoms with E-state index < -0.39 is 5.82 Å². The number of nitrogens with two attached hydrogens (primary N) is 1. The molecule has 2 aromatic rings. The Morgan fingerprint density at radius 3 is 2.44 bits per heavy atom. The second-order valence-electron chi connectivity index (χ2n) is 3.72. The van der Waals surface area contributed by atoms with E-state index >= 15 is 0 Å². The third-order valence-electron chi connectivity index (χ3n) is 2.36. The molecule has 0 aliphatic rings. The molecule has 0 aromatic heterocycles. The third-order valence-corrected chi connectivity index (χ3v) is 3.50. The first kappa shape index (κ1) is 13.4. The Morgan fingerprint density at radius 2 is 1.78 bits per heavy atom. The van der Waals surface area contributed by atoms with Gasteiger partial charge in [0, 0.05) is 10.5 Å². The summed E-state index contributed by atoms with van der Waals surface area (Å²) < 4.78 is 20.2. The Hall–Kier alpha value is -1.07. The molecule has 94 valence electrons. The molecule has 0 radical (unpaired) electrons. The average molecular weight is 375 g/mol. The zero-order valence-corrected chi connectivity index (χ0v) is 12.5. The molecule has 0 saturated carbocycles. The number of anilines is 1. The molecule has 2 N–H and O–H groups in total. The smallest absolute Gasteiger partial charge is 0.145 e. The molecule has 0 saturated heterocycles. The van der Waals surface area contributed by atoms with Crippen LogP contribution in [0.4, 0.5) is 10.1 Å². The zero-order chi connectivity index (χ0) is 13.1. The van der Waals surface area contributed by atoms with Crippen LogP contribution in [0.5, 0.6) is 5.75 Å². The molecule has 0 fully saturated rings. The van der Waals surface area contributed by atoms with Crippen LogP contribution in [-0.4, -0.2) is 0 Å². The van der Waals surface area contributed by atoms with E-state index in [0.29, 0.717) is 22.5 Å². The largest absolute Gasteiger partial charge is 0.487 e. The lowest BCUT2D eigenvalue weighted by atomic mass is 10.2. The van der Waals surface area contributed by atoms with Crippen molar-refractivity contribution in [3.63, 3.8) is 0 Å². The summed E-state index contributed by atoms with van der Waals surface area (Å²) >= 11 is 6.42. The van der Waals surface area contributed by atoms with Crippen molar-refractivity contribution in [2.75, 3.05) is 5.73 Å². The molecule has 0 amide bonds. The summed E-state index contributed by atoms with van der Waals surface area (Å²) in [5.41, 5.74) is 7.14. The number of hydrogen-bond acceptors (Lipinski definition) is 2. The Kier molecular flexibility index (Phi) is 4.24. The van der Waals surface area contributed by atoms with Gasteiger partial charge in [0.1, 0.15) is 18.2 Å². The maximum atomic E-state index is 13.3. The minimum atomic E-state index is -0.394. The minimum Gasteiger partial charge on any atom is -0.487 e. The fraction of sp³-hybridized carbons (Fsp3) is 0.0769. The number of hydrogen-bond donors (Lipinski definition) is 1. The summed E-state index contributed by atoms with van der Waals surface area (Å²) in [5, 5.41) is 0. The number of ether oxygens (including phenoxy) is 1. The van der Waals surface area contributed by atoms with Crippen LogP contribution in [0.25, 0.3) is 0 Å². The first-order valence-corrected chi connectivity index (χ1v) is 6.76. The fourth-order valence-corrected chi connectivity index (χ4v) is 2.04. The van der Waals surface area contributed by atoms with Gasteiger partial charge in [0.25, 0.3) is 0 Å². The number of rotatable bonds is 3. The Bertz CT molecular complexity index is 558. The van der Waals surface area contributed by atoms with Crippen molar-refractivity contribution in [3.8, 4) is 5.75 Å². The van der Waals surface area contributed by atoms with Gasteiger partial charge in [-0.1, -0.05) is 28.1 Å². The number of halogens is 3. The normalized spacial score (nSPS) is 10.4. The summed E-state index contributed by atoms with van der Waals surface area (Å²) in [7, 11) is 0. The topological polar surface area (TPSA) is 35.2 Å². The lowest BCUT2D eigenvalue weighted by molar-refractivity contribution is 0.306. The predicted octanol–water partition coefficient (Wildman–Crippen LogP) is 4.51. The zero-order valence-electron chi connectivity index (χ0n) is 9.29. The van der Waals surface area contributed by atoms with Gasteiger partial charge in [-0.3, -0.25) is 0 Å². The van der Waals surface area contributed by atoms with Gasteiger partial charge in [-0.05, 0) is 39.7 Å². The van der Waals surface area contributed by atoms with Crippen molar-refractivity contribution in [3.05, 3.63) is 56.7 Å². The van der Waals surface area contributed by atoms with Gasteiger partial charge in [0.15, 0.2) is 0 Å². The molecule has 2 nitrogen and oxygen atoms in total. The van der Waals surface area contributed by atoms with Crippen molar-refractivity contribution in [2.45, 2.75) is 6.61 Å². The molecule has 0 atom stereocenters. The molecule has 0 aliphatic carbocycles. The minimum absolute atomic E-state index is 0.330. The van der Waals surface area contributed by atoms with Crippen LogP contribution >= 0.6 is 31.9 Å².